The van der Waals surface area contributed by atoms with Crippen LogP contribution < -0.4 is 19.5 Å². The lowest BCUT2D eigenvalue weighted by atomic mass is 10.2. The van der Waals surface area contributed by atoms with E-state index in [0.717, 1.165) is 0 Å². The molecule has 4 rings (SSSR count). The van der Waals surface area contributed by atoms with E-state index in [1.807, 2.05) is 0 Å². The van der Waals surface area contributed by atoms with Gasteiger partial charge in [-0.05, 0) is 60.7 Å². The number of rotatable bonds is 5. The molecule has 154 valence electrons. The molecule has 7 nitrogen and oxygen atoms in total. The molecule has 10 heteroatoms. The highest BCUT2D eigenvalue weighted by Crippen LogP contribution is 2.32. The van der Waals surface area contributed by atoms with E-state index in [9.17, 15) is 13.2 Å². The number of amides is 1. The highest BCUT2D eigenvalue weighted by Gasteiger charge is 2.18. The number of fused-ring (bicyclic) bond motifs is 1. The molecule has 0 unspecified atom stereocenters. The molecule has 3 aromatic carbocycles. The van der Waals surface area contributed by atoms with Crippen LogP contribution in [0.25, 0.3) is 0 Å². The van der Waals surface area contributed by atoms with Crippen molar-refractivity contribution >= 4 is 50.5 Å². The first-order chi connectivity index (χ1) is 14.3. The maximum atomic E-state index is 12.6. The van der Waals surface area contributed by atoms with Gasteiger partial charge in [0.05, 0.1) is 20.6 Å². The van der Waals surface area contributed by atoms with Crippen LogP contribution in [0.3, 0.4) is 0 Å². The van der Waals surface area contributed by atoms with Crippen molar-refractivity contribution in [1.82, 2.24) is 0 Å². The van der Waals surface area contributed by atoms with Crippen molar-refractivity contribution in [2.24, 2.45) is 0 Å². The highest BCUT2D eigenvalue weighted by molar-refractivity contribution is 7.92. The Morgan fingerprint density at radius 3 is 2.27 bits per heavy atom. The minimum Gasteiger partial charge on any atom is -0.454 e. The van der Waals surface area contributed by atoms with E-state index in [1.54, 1.807) is 18.2 Å². The number of anilines is 2. The molecule has 1 aliphatic rings. The zero-order chi connectivity index (χ0) is 21.3. The topological polar surface area (TPSA) is 93.7 Å². The monoisotopic (exact) mass is 464 g/mol. The van der Waals surface area contributed by atoms with Gasteiger partial charge in [0.25, 0.3) is 15.9 Å². The van der Waals surface area contributed by atoms with E-state index in [0.29, 0.717) is 27.8 Å². The number of hydrogen-bond acceptors (Lipinski definition) is 5. The average molecular weight is 465 g/mol. The van der Waals surface area contributed by atoms with Crippen LogP contribution in [0.4, 0.5) is 11.4 Å². The molecular formula is C20H14Cl2N2O5S. The molecule has 3 aromatic rings. The van der Waals surface area contributed by atoms with Crippen LogP contribution in [0.5, 0.6) is 11.5 Å². The summed E-state index contributed by atoms with van der Waals surface area (Å²) in [6.07, 6.45) is 0. The molecule has 0 aromatic heterocycles. The average Bonchev–Trinajstić information content (AvgIpc) is 3.19. The van der Waals surface area contributed by atoms with Crippen LogP contribution in [0, 0.1) is 0 Å². The minimum absolute atomic E-state index is 0.0228. The Kier molecular flexibility index (Phi) is 5.46. The van der Waals surface area contributed by atoms with E-state index in [4.69, 9.17) is 32.7 Å². The summed E-state index contributed by atoms with van der Waals surface area (Å²) in [4.78, 5) is 12.5. The van der Waals surface area contributed by atoms with Gasteiger partial charge in [0.2, 0.25) is 6.79 Å². The second-order valence-corrected chi connectivity index (χ2v) is 8.78. The van der Waals surface area contributed by atoms with Crippen LogP contribution in [-0.2, 0) is 10.0 Å². The first-order valence-electron chi connectivity index (χ1n) is 8.61. The lowest BCUT2D eigenvalue weighted by Crippen LogP contribution is -2.14. The Morgan fingerprint density at radius 1 is 0.833 bits per heavy atom. The van der Waals surface area contributed by atoms with E-state index >= 15 is 0 Å². The third-order valence-electron chi connectivity index (χ3n) is 4.23. The van der Waals surface area contributed by atoms with Gasteiger partial charge in [-0.25, -0.2) is 8.42 Å². The van der Waals surface area contributed by atoms with Gasteiger partial charge in [-0.1, -0.05) is 23.2 Å². The Balaban J connectivity index is 1.46. The fraction of sp³-hybridized carbons (Fsp3) is 0.0500. The summed E-state index contributed by atoms with van der Waals surface area (Å²) in [5.74, 6) is 0.714. The molecule has 0 saturated heterocycles. The summed E-state index contributed by atoms with van der Waals surface area (Å²) in [6.45, 7) is 0.118. The largest absolute Gasteiger partial charge is 0.454 e. The lowest BCUT2D eigenvalue weighted by Gasteiger charge is -2.10. The van der Waals surface area contributed by atoms with Crippen molar-refractivity contribution in [2.75, 3.05) is 16.8 Å². The van der Waals surface area contributed by atoms with Crippen molar-refractivity contribution in [3.8, 4) is 11.5 Å². The zero-order valence-corrected chi connectivity index (χ0v) is 17.5. The summed E-state index contributed by atoms with van der Waals surface area (Å²) >= 11 is 11.8. The predicted molar refractivity (Wildman–Crippen MR) is 114 cm³/mol. The second kappa shape index (κ2) is 8.06. The number of ether oxygens (including phenoxy) is 2. The molecule has 1 amide bonds. The molecule has 0 atom stereocenters. The second-order valence-electron chi connectivity index (χ2n) is 6.28. The summed E-state index contributed by atoms with van der Waals surface area (Å²) in [5, 5.41) is 3.26. The van der Waals surface area contributed by atoms with Crippen molar-refractivity contribution in [1.29, 1.82) is 0 Å². The Hall–Kier alpha value is -2.94. The van der Waals surface area contributed by atoms with Gasteiger partial charge in [0, 0.05) is 11.3 Å². The number of carbonyl (C=O) groups excluding carboxylic acids is 1. The molecule has 0 radical (unpaired) electrons. The summed E-state index contributed by atoms with van der Waals surface area (Å²) < 4.78 is 38.0. The third kappa shape index (κ3) is 4.30. The molecule has 0 bridgehead atoms. The lowest BCUT2D eigenvalue weighted by molar-refractivity contribution is 0.102. The predicted octanol–water partition coefficient (Wildman–Crippen LogP) is 4.78. The van der Waals surface area contributed by atoms with Crippen LogP contribution >= 0.6 is 23.2 Å². The molecule has 30 heavy (non-hydrogen) atoms. The standard InChI is InChI=1S/C20H14Cl2N2O5S/c21-16-7-4-14(10-17(16)22)24-30(26,27)15-5-2-13(3-6-15)23-20(25)12-1-8-18-19(9-12)29-11-28-18/h1-10,24H,11H2,(H,23,25). The number of hydrogen-bond donors (Lipinski definition) is 2. The SMILES string of the molecule is O=C(Nc1ccc(S(=O)(=O)Nc2ccc(Cl)c(Cl)c2)cc1)c1ccc2c(c1)OCO2. The summed E-state index contributed by atoms with van der Waals surface area (Å²) in [7, 11) is -3.84. The maximum Gasteiger partial charge on any atom is 0.261 e. The molecule has 0 aliphatic carbocycles. The van der Waals surface area contributed by atoms with Crippen LogP contribution in [0.1, 0.15) is 10.4 Å². The number of nitrogens with one attached hydrogen (secondary N) is 2. The van der Waals surface area contributed by atoms with Crippen molar-refractivity contribution in [2.45, 2.75) is 4.90 Å². The number of carbonyl (C=O) groups is 1. The highest BCUT2D eigenvalue weighted by atomic mass is 35.5. The van der Waals surface area contributed by atoms with Crippen LogP contribution in [-0.4, -0.2) is 21.1 Å². The number of benzene rings is 3. The van der Waals surface area contributed by atoms with Gasteiger partial charge in [0.15, 0.2) is 11.5 Å². The van der Waals surface area contributed by atoms with E-state index in [1.165, 1.54) is 42.5 Å². The van der Waals surface area contributed by atoms with Gasteiger partial charge in [-0.15, -0.1) is 0 Å². The van der Waals surface area contributed by atoms with Crippen molar-refractivity contribution < 1.29 is 22.7 Å². The van der Waals surface area contributed by atoms with Gasteiger partial charge >= 0.3 is 0 Å². The van der Waals surface area contributed by atoms with E-state index in [2.05, 4.69) is 10.0 Å². The fourth-order valence-electron chi connectivity index (χ4n) is 2.73. The van der Waals surface area contributed by atoms with E-state index < -0.39 is 10.0 Å². The summed E-state index contributed by atoms with van der Waals surface area (Å²) in [6, 6.07) is 15.0. The molecular weight excluding hydrogens is 451 g/mol. The smallest absolute Gasteiger partial charge is 0.261 e. The molecule has 1 heterocycles. The van der Waals surface area contributed by atoms with Crippen LogP contribution in [0.15, 0.2) is 65.6 Å². The molecule has 1 aliphatic heterocycles. The third-order valence-corrected chi connectivity index (χ3v) is 6.37. The first kappa shape index (κ1) is 20.3. The molecule has 0 saturated carbocycles. The molecule has 2 N–H and O–H groups in total. The van der Waals surface area contributed by atoms with Gasteiger partial charge < -0.3 is 14.8 Å². The Morgan fingerprint density at radius 2 is 1.53 bits per heavy atom. The fourth-order valence-corrected chi connectivity index (χ4v) is 4.08. The van der Waals surface area contributed by atoms with E-state index in [-0.39, 0.29) is 28.3 Å². The quantitative estimate of drug-likeness (QED) is 0.566. The Bertz CT molecular complexity index is 1230. The van der Waals surface area contributed by atoms with Gasteiger partial charge in [-0.3, -0.25) is 9.52 Å². The number of sulfonamides is 1. The van der Waals surface area contributed by atoms with Gasteiger partial charge in [0.1, 0.15) is 0 Å². The minimum atomic E-state index is -3.84. The molecule has 0 spiro atoms. The number of halogens is 2. The maximum absolute atomic E-state index is 12.6. The van der Waals surface area contributed by atoms with Gasteiger partial charge in [-0.2, -0.15) is 0 Å². The first-order valence-corrected chi connectivity index (χ1v) is 10.8. The molecule has 0 fully saturated rings. The zero-order valence-electron chi connectivity index (χ0n) is 15.2. The van der Waals surface area contributed by atoms with Crippen molar-refractivity contribution in [3.63, 3.8) is 0 Å². The Labute approximate surface area is 182 Å². The van der Waals surface area contributed by atoms with Crippen LogP contribution in [0.2, 0.25) is 10.0 Å². The van der Waals surface area contributed by atoms with Crippen molar-refractivity contribution in [3.05, 3.63) is 76.3 Å². The normalized spacial score (nSPS) is 12.5. The summed E-state index contributed by atoms with van der Waals surface area (Å²) in [5.41, 5.74) is 1.10.